The molecule has 4 heterocycles. The number of carbonyl (C=O) groups is 1. The zero-order valence-electron chi connectivity index (χ0n) is 23.5. The molecule has 2 atom stereocenters. The Morgan fingerprint density at radius 3 is 2.64 bits per heavy atom. The fourth-order valence-corrected chi connectivity index (χ4v) is 6.46. The molecule has 2 fully saturated rings. The zero-order chi connectivity index (χ0) is 28.8. The fourth-order valence-electron chi connectivity index (χ4n) is 6.30. The van der Waals surface area contributed by atoms with Gasteiger partial charge in [-0.3, -0.25) is 9.69 Å². The first-order valence-electron chi connectivity index (χ1n) is 14.6. The third-order valence-corrected chi connectivity index (χ3v) is 9.01. The van der Waals surface area contributed by atoms with Gasteiger partial charge in [0.15, 0.2) is 23.4 Å². The number of piperidine rings is 1. The molecule has 218 valence electrons. The molecule has 0 N–H and O–H groups in total. The van der Waals surface area contributed by atoms with Gasteiger partial charge in [-0.1, -0.05) is 29.8 Å². The molecule has 0 spiro atoms. The summed E-state index contributed by atoms with van der Waals surface area (Å²) in [6.07, 6.45) is 2.60. The van der Waals surface area contributed by atoms with Crippen molar-refractivity contribution >= 4 is 28.4 Å². The molecule has 0 radical (unpaired) electrons. The summed E-state index contributed by atoms with van der Waals surface area (Å²) in [5, 5.41) is 0.355. The molecule has 0 amide bonds. The molecule has 3 aliphatic heterocycles. The molecule has 0 aliphatic carbocycles. The summed E-state index contributed by atoms with van der Waals surface area (Å²) in [6.45, 7) is 5.93. The summed E-state index contributed by atoms with van der Waals surface area (Å²) < 4.78 is 35.1. The Morgan fingerprint density at radius 1 is 1.07 bits per heavy atom. The Labute approximate surface area is 249 Å². The van der Waals surface area contributed by atoms with Crippen LogP contribution in [0, 0.1) is 5.82 Å². The number of rotatable bonds is 7. The second kappa shape index (κ2) is 11.3. The second-order valence-corrected chi connectivity index (χ2v) is 11.9. The van der Waals surface area contributed by atoms with Gasteiger partial charge in [0.1, 0.15) is 18.2 Å². The van der Waals surface area contributed by atoms with Gasteiger partial charge in [0.05, 0.1) is 30.2 Å². The van der Waals surface area contributed by atoms with E-state index in [0.717, 1.165) is 74.5 Å². The Kier molecular flexibility index (Phi) is 7.38. The molecule has 2 saturated heterocycles. The molecule has 1 aromatic heterocycles. The molecular formula is C33H33ClFN3O4. The van der Waals surface area contributed by atoms with Crippen molar-refractivity contribution in [2.75, 3.05) is 26.3 Å². The summed E-state index contributed by atoms with van der Waals surface area (Å²) in [6, 6.07) is 16.5. The van der Waals surface area contributed by atoms with E-state index in [2.05, 4.69) is 15.5 Å². The Hall–Kier alpha value is -3.46. The van der Waals surface area contributed by atoms with Crippen LogP contribution in [0.25, 0.3) is 11.0 Å². The number of aromatic nitrogens is 2. The molecule has 0 bridgehead atoms. The van der Waals surface area contributed by atoms with Crippen LogP contribution < -0.4 is 9.47 Å². The maximum Gasteiger partial charge on any atom is 0.165 e. The minimum absolute atomic E-state index is 0.0512. The van der Waals surface area contributed by atoms with Crippen LogP contribution in [0.15, 0.2) is 54.6 Å². The van der Waals surface area contributed by atoms with Crippen LogP contribution in [0.1, 0.15) is 65.5 Å². The number of halogens is 2. The number of Topliss-reactive ketones (excluding diaryl/α,β-unsaturated/α-hetero) is 1. The number of benzene rings is 3. The first kappa shape index (κ1) is 27.4. The number of nitrogens with zero attached hydrogens (tertiary/aromatic N) is 3. The third kappa shape index (κ3) is 5.27. The number of fused-ring (bicyclic) bond motifs is 2. The van der Waals surface area contributed by atoms with E-state index in [1.165, 1.54) is 6.07 Å². The molecule has 0 saturated carbocycles. The molecule has 2 unspecified atom stereocenters. The minimum Gasteiger partial charge on any atom is -0.485 e. The molecule has 42 heavy (non-hydrogen) atoms. The van der Waals surface area contributed by atoms with Crippen molar-refractivity contribution in [2.24, 2.45) is 0 Å². The van der Waals surface area contributed by atoms with Crippen LogP contribution in [0.4, 0.5) is 4.39 Å². The highest BCUT2D eigenvalue weighted by Gasteiger charge is 2.31. The number of hydrogen-bond acceptors (Lipinski definition) is 6. The Balaban J connectivity index is 1.07. The summed E-state index contributed by atoms with van der Waals surface area (Å²) >= 11 is 5.97. The second-order valence-electron chi connectivity index (χ2n) is 11.5. The van der Waals surface area contributed by atoms with E-state index in [1.807, 2.05) is 30.3 Å². The monoisotopic (exact) mass is 589 g/mol. The molecule has 7 rings (SSSR count). The lowest BCUT2D eigenvalue weighted by molar-refractivity contribution is -0.0592. The first-order valence-corrected chi connectivity index (χ1v) is 15.0. The summed E-state index contributed by atoms with van der Waals surface area (Å²) in [7, 11) is 0. The largest absolute Gasteiger partial charge is 0.485 e. The number of ketones is 1. The van der Waals surface area contributed by atoms with Gasteiger partial charge < -0.3 is 18.8 Å². The van der Waals surface area contributed by atoms with Gasteiger partial charge in [0, 0.05) is 28.3 Å². The molecule has 3 aliphatic rings. The van der Waals surface area contributed by atoms with Crippen LogP contribution in [-0.4, -0.2) is 52.6 Å². The predicted molar refractivity (Wildman–Crippen MR) is 158 cm³/mol. The Bertz CT molecular complexity index is 1640. The maximum absolute atomic E-state index is 14.7. The normalized spacial score (nSPS) is 20.9. The number of hydrogen-bond donors (Lipinski definition) is 0. The van der Waals surface area contributed by atoms with Gasteiger partial charge in [-0.05, 0) is 81.6 Å². The lowest BCUT2D eigenvalue weighted by Crippen LogP contribution is -2.35. The van der Waals surface area contributed by atoms with Crippen LogP contribution >= 0.6 is 11.6 Å². The van der Waals surface area contributed by atoms with Gasteiger partial charge in [-0.15, -0.1) is 0 Å². The van der Waals surface area contributed by atoms with Crippen molar-refractivity contribution in [3.05, 3.63) is 88.0 Å². The average molecular weight is 590 g/mol. The van der Waals surface area contributed by atoms with E-state index in [0.29, 0.717) is 33.6 Å². The number of imidazole rings is 1. The van der Waals surface area contributed by atoms with Crippen LogP contribution in [0.5, 0.6) is 11.5 Å². The molecule has 3 aromatic carbocycles. The SMILES string of the molecule is CC(=O)c1ccc2nc(CN3CCC(c4cccc5c4OC(c4ccc(Cl)cc4F)CO5)CC3)n(CC3CCO3)c2c1. The van der Waals surface area contributed by atoms with E-state index < -0.39 is 11.9 Å². The van der Waals surface area contributed by atoms with Crippen molar-refractivity contribution in [3.8, 4) is 11.5 Å². The minimum atomic E-state index is -0.535. The number of ether oxygens (including phenoxy) is 3. The van der Waals surface area contributed by atoms with E-state index in [1.54, 1.807) is 19.1 Å². The van der Waals surface area contributed by atoms with E-state index in [-0.39, 0.29) is 18.5 Å². The number of para-hydroxylation sites is 1. The first-order chi connectivity index (χ1) is 20.4. The summed E-state index contributed by atoms with van der Waals surface area (Å²) in [4.78, 5) is 19.5. The van der Waals surface area contributed by atoms with E-state index in [4.69, 9.17) is 30.8 Å². The van der Waals surface area contributed by atoms with Crippen molar-refractivity contribution in [1.29, 1.82) is 0 Å². The van der Waals surface area contributed by atoms with Crippen LogP contribution in [-0.2, 0) is 17.8 Å². The van der Waals surface area contributed by atoms with Gasteiger partial charge in [0.25, 0.3) is 0 Å². The third-order valence-electron chi connectivity index (χ3n) is 8.77. The predicted octanol–water partition coefficient (Wildman–Crippen LogP) is 6.71. The number of carbonyl (C=O) groups excluding carboxylic acids is 1. The van der Waals surface area contributed by atoms with E-state index in [9.17, 15) is 9.18 Å². The quantitative estimate of drug-likeness (QED) is 0.223. The smallest absolute Gasteiger partial charge is 0.165 e. The van der Waals surface area contributed by atoms with Gasteiger partial charge in [-0.2, -0.15) is 0 Å². The Morgan fingerprint density at radius 2 is 1.90 bits per heavy atom. The van der Waals surface area contributed by atoms with Crippen molar-refractivity contribution in [3.63, 3.8) is 0 Å². The van der Waals surface area contributed by atoms with Gasteiger partial charge in [-0.25, -0.2) is 9.37 Å². The van der Waals surface area contributed by atoms with Crippen molar-refractivity contribution < 1.29 is 23.4 Å². The zero-order valence-corrected chi connectivity index (χ0v) is 24.3. The molecular weight excluding hydrogens is 557 g/mol. The summed E-state index contributed by atoms with van der Waals surface area (Å²) in [5.41, 5.74) is 4.15. The average Bonchev–Trinajstić information content (AvgIpc) is 3.30. The highest BCUT2D eigenvalue weighted by atomic mass is 35.5. The van der Waals surface area contributed by atoms with Crippen molar-refractivity contribution in [1.82, 2.24) is 14.5 Å². The van der Waals surface area contributed by atoms with Crippen LogP contribution in [0.2, 0.25) is 5.02 Å². The topological polar surface area (TPSA) is 65.8 Å². The van der Waals surface area contributed by atoms with Crippen molar-refractivity contribution in [2.45, 2.75) is 57.4 Å². The van der Waals surface area contributed by atoms with Gasteiger partial charge in [0.2, 0.25) is 0 Å². The van der Waals surface area contributed by atoms with Crippen LogP contribution in [0.3, 0.4) is 0 Å². The maximum atomic E-state index is 14.7. The number of likely N-dealkylation sites (tertiary alicyclic amines) is 1. The fraction of sp³-hybridized carbons (Fsp3) is 0.394. The summed E-state index contributed by atoms with van der Waals surface area (Å²) in [5.74, 6) is 2.38. The lowest BCUT2D eigenvalue weighted by atomic mass is 9.88. The lowest BCUT2D eigenvalue weighted by Gasteiger charge is -2.35. The molecule has 9 heteroatoms. The standard InChI is InChI=1S/C33H33ClFN3O4/c1-20(39)22-5-8-28-29(15-22)38(17-24-11-14-40-24)32(36-28)18-37-12-9-21(10-13-37)25-3-2-4-30-33(25)42-31(19-41-30)26-7-6-23(34)16-27(26)35/h2-8,15-16,21,24,31H,9-14,17-19H2,1H3. The van der Waals surface area contributed by atoms with E-state index >= 15 is 0 Å². The molecule has 7 nitrogen and oxygen atoms in total. The molecule has 4 aromatic rings. The highest BCUT2D eigenvalue weighted by molar-refractivity contribution is 6.30. The highest BCUT2D eigenvalue weighted by Crippen LogP contribution is 2.45. The van der Waals surface area contributed by atoms with Gasteiger partial charge >= 0.3 is 0 Å².